The molecule has 3 aromatic rings. The number of nitrogens with one attached hydrogen (secondary N) is 2. The Kier molecular flexibility index (Phi) is 6.57. The third kappa shape index (κ3) is 4.96. The van der Waals surface area contributed by atoms with Gasteiger partial charge in [-0.2, -0.15) is 0 Å². The molecule has 2 aromatic heterocycles. The maximum atomic E-state index is 11.5. The zero-order chi connectivity index (χ0) is 23.5. The summed E-state index contributed by atoms with van der Waals surface area (Å²) in [7, 11) is 1.64. The minimum absolute atomic E-state index is 0.0329. The molecule has 4 heterocycles. The average molecular weight is 464 g/mol. The van der Waals surface area contributed by atoms with E-state index in [9.17, 15) is 9.90 Å². The molecule has 0 aliphatic carbocycles. The molecule has 3 N–H and O–H groups in total. The van der Waals surface area contributed by atoms with Crippen molar-refractivity contribution in [2.45, 2.75) is 31.5 Å². The Morgan fingerprint density at radius 2 is 2.12 bits per heavy atom. The molecule has 1 aromatic carbocycles. The van der Waals surface area contributed by atoms with Gasteiger partial charge in [0.15, 0.2) is 18.2 Å². The quantitative estimate of drug-likeness (QED) is 0.490. The number of ether oxygens (including phenoxy) is 2. The van der Waals surface area contributed by atoms with Crippen LogP contribution in [-0.2, 0) is 11.3 Å². The van der Waals surface area contributed by atoms with Crippen LogP contribution in [0.4, 0.5) is 5.82 Å². The number of β-amino-alcohol motifs (C(OH)–C–C–N with tert-alkyl or cyclic N) is 1. The SMILES string of the molecule is COc1ccc2nccc([C@@H](O)CN3CCC(NCc4ccc5c(n4)NC(=O)CO5)CC3)c2c1. The van der Waals surface area contributed by atoms with Gasteiger partial charge >= 0.3 is 0 Å². The topological polar surface area (TPSA) is 109 Å². The van der Waals surface area contributed by atoms with E-state index in [0.717, 1.165) is 53.8 Å². The van der Waals surface area contributed by atoms with Crippen LogP contribution >= 0.6 is 0 Å². The van der Waals surface area contributed by atoms with Crippen LogP contribution in [0, 0.1) is 0 Å². The van der Waals surface area contributed by atoms with Gasteiger partial charge in [-0.15, -0.1) is 0 Å². The van der Waals surface area contributed by atoms with Crippen LogP contribution in [0.2, 0.25) is 0 Å². The first kappa shape index (κ1) is 22.5. The average Bonchev–Trinajstić information content (AvgIpc) is 2.87. The molecule has 0 spiro atoms. The van der Waals surface area contributed by atoms with E-state index in [2.05, 4.69) is 25.5 Å². The van der Waals surface area contributed by atoms with Crippen molar-refractivity contribution in [3.8, 4) is 11.5 Å². The minimum atomic E-state index is -0.598. The highest BCUT2D eigenvalue weighted by atomic mass is 16.5. The Bertz CT molecular complexity index is 1180. The Morgan fingerprint density at radius 1 is 1.26 bits per heavy atom. The van der Waals surface area contributed by atoms with Crippen LogP contribution in [0.15, 0.2) is 42.6 Å². The van der Waals surface area contributed by atoms with Gasteiger partial charge in [0.2, 0.25) is 0 Å². The fourth-order valence-electron chi connectivity index (χ4n) is 4.58. The Labute approximate surface area is 198 Å². The van der Waals surface area contributed by atoms with Crippen molar-refractivity contribution in [3.63, 3.8) is 0 Å². The van der Waals surface area contributed by atoms with Crippen molar-refractivity contribution in [1.29, 1.82) is 0 Å². The van der Waals surface area contributed by atoms with Gasteiger partial charge < -0.3 is 30.1 Å². The van der Waals surface area contributed by atoms with E-state index >= 15 is 0 Å². The number of aromatic nitrogens is 2. The predicted molar refractivity (Wildman–Crippen MR) is 128 cm³/mol. The summed E-state index contributed by atoms with van der Waals surface area (Å²) < 4.78 is 10.7. The van der Waals surface area contributed by atoms with E-state index in [1.54, 1.807) is 13.3 Å². The second kappa shape index (κ2) is 9.92. The number of carbonyl (C=O) groups is 1. The molecule has 2 aliphatic rings. The molecule has 0 saturated carbocycles. The van der Waals surface area contributed by atoms with Crippen LogP contribution in [-0.4, -0.2) is 65.3 Å². The first-order chi connectivity index (χ1) is 16.6. The predicted octanol–water partition coefficient (Wildman–Crippen LogP) is 2.26. The van der Waals surface area contributed by atoms with Gasteiger partial charge in [0.1, 0.15) is 5.75 Å². The lowest BCUT2D eigenvalue weighted by atomic mass is 10.0. The number of fused-ring (bicyclic) bond motifs is 2. The number of nitrogens with zero attached hydrogens (tertiary/aromatic N) is 3. The van der Waals surface area contributed by atoms with Crippen LogP contribution in [0.3, 0.4) is 0 Å². The Morgan fingerprint density at radius 3 is 2.94 bits per heavy atom. The van der Waals surface area contributed by atoms with Crippen molar-refractivity contribution in [3.05, 3.63) is 53.9 Å². The number of rotatable bonds is 7. The number of aliphatic hydroxyl groups excluding tert-OH is 1. The van der Waals surface area contributed by atoms with Crippen molar-refractivity contribution < 1.29 is 19.4 Å². The number of hydrogen-bond donors (Lipinski definition) is 3. The molecule has 0 unspecified atom stereocenters. The zero-order valence-electron chi connectivity index (χ0n) is 19.2. The summed E-state index contributed by atoms with van der Waals surface area (Å²) in [4.78, 5) is 22.7. The van der Waals surface area contributed by atoms with Crippen LogP contribution in [0.1, 0.15) is 30.2 Å². The molecule has 0 radical (unpaired) electrons. The number of hydrogen-bond acceptors (Lipinski definition) is 8. The molecule has 9 nitrogen and oxygen atoms in total. The standard InChI is InChI=1S/C25H29N5O4/c1-33-18-3-4-21-20(12-18)19(6-9-26-21)22(31)14-30-10-7-16(8-11-30)27-13-17-2-5-23-25(28-17)29-24(32)15-34-23/h2-6,9,12,16,22,27,31H,7-8,10-11,13-15H2,1H3,(H,28,29,32)/t22-/m0/s1. The molecule has 1 fully saturated rings. The van der Waals surface area contributed by atoms with E-state index < -0.39 is 6.10 Å². The lowest BCUT2D eigenvalue weighted by molar-refractivity contribution is -0.118. The van der Waals surface area contributed by atoms with E-state index in [-0.39, 0.29) is 12.5 Å². The lowest BCUT2D eigenvalue weighted by Crippen LogP contribution is -2.43. The largest absolute Gasteiger partial charge is 0.497 e. The summed E-state index contributed by atoms with van der Waals surface area (Å²) in [5, 5.41) is 18.2. The number of piperidine rings is 1. The van der Waals surface area contributed by atoms with Gasteiger partial charge in [-0.3, -0.25) is 9.78 Å². The maximum Gasteiger partial charge on any atom is 0.263 e. The van der Waals surface area contributed by atoms with Gasteiger partial charge in [0.25, 0.3) is 5.91 Å². The third-order valence-corrected chi connectivity index (χ3v) is 6.46. The highest BCUT2D eigenvalue weighted by molar-refractivity contribution is 5.94. The van der Waals surface area contributed by atoms with Crippen LogP contribution in [0.5, 0.6) is 11.5 Å². The monoisotopic (exact) mass is 463 g/mol. The number of anilines is 1. The number of benzene rings is 1. The van der Waals surface area contributed by atoms with E-state index in [0.29, 0.717) is 30.7 Å². The third-order valence-electron chi connectivity index (χ3n) is 6.46. The molecule has 1 amide bonds. The van der Waals surface area contributed by atoms with E-state index in [1.807, 2.05) is 36.4 Å². The summed E-state index contributed by atoms with van der Waals surface area (Å²) in [6, 6.07) is 11.8. The minimum Gasteiger partial charge on any atom is -0.497 e. The molecule has 1 atom stereocenters. The number of carbonyl (C=O) groups excluding carboxylic acids is 1. The van der Waals surface area contributed by atoms with Gasteiger partial charge in [0.05, 0.1) is 24.4 Å². The number of methoxy groups -OCH3 is 1. The lowest BCUT2D eigenvalue weighted by Gasteiger charge is -2.33. The highest BCUT2D eigenvalue weighted by Gasteiger charge is 2.23. The van der Waals surface area contributed by atoms with Crippen LogP contribution in [0.25, 0.3) is 10.9 Å². The van der Waals surface area contributed by atoms with Gasteiger partial charge in [0, 0.05) is 30.7 Å². The van der Waals surface area contributed by atoms with E-state index in [1.165, 1.54) is 0 Å². The van der Waals surface area contributed by atoms with Crippen LogP contribution < -0.4 is 20.1 Å². The van der Waals surface area contributed by atoms with Crippen molar-refractivity contribution in [2.24, 2.45) is 0 Å². The molecule has 1 saturated heterocycles. The van der Waals surface area contributed by atoms with Crippen molar-refractivity contribution in [1.82, 2.24) is 20.2 Å². The molecule has 178 valence electrons. The van der Waals surface area contributed by atoms with Crippen molar-refractivity contribution in [2.75, 3.05) is 38.7 Å². The maximum absolute atomic E-state index is 11.5. The summed E-state index contributed by atoms with van der Waals surface area (Å²) in [5.41, 5.74) is 2.59. The van der Waals surface area contributed by atoms with Crippen molar-refractivity contribution >= 4 is 22.6 Å². The van der Waals surface area contributed by atoms with Gasteiger partial charge in [-0.05, 0) is 67.9 Å². The summed E-state index contributed by atoms with van der Waals surface area (Å²) in [6.45, 7) is 3.05. The summed E-state index contributed by atoms with van der Waals surface area (Å²) in [5.74, 6) is 1.67. The Hall–Kier alpha value is -3.27. The van der Waals surface area contributed by atoms with E-state index in [4.69, 9.17) is 9.47 Å². The Balaban J connectivity index is 1.14. The summed E-state index contributed by atoms with van der Waals surface area (Å²) in [6.07, 6.45) is 3.12. The molecule has 5 rings (SSSR count). The highest BCUT2D eigenvalue weighted by Crippen LogP contribution is 2.28. The fraction of sp³-hybridized carbons (Fsp3) is 0.400. The molecule has 34 heavy (non-hydrogen) atoms. The fourth-order valence-corrected chi connectivity index (χ4v) is 4.58. The number of likely N-dealkylation sites (tertiary alicyclic amines) is 1. The number of aliphatic hydroxyl groups is 1. The smallest absolute Gasteiger partial charge is 0.263 e. The number of pyridine rings is 2. The molecule has 0 bridgehead atoms. The molecular weight excluding hydrogens is 434 g/mol. The first-order valence-electron chi connectivity index (χ1n) is 11.6. The second-order valence-electron chi connectivity index (χ2n) is 8.74. The zero-order valence-corrected chi connectivity index (χ0v) is 19.2. The van der Waals surface area contributed by atoms with Gasteiger partial charge in [-0.25, -0.2) is 4.98 Å². The summed E-state index contributed by atoms with van der Waals surface area (Å²) >= 11 is 0. The molecular formula is C25H29N5O4. The molecule has 2 aliphatic heterocycles. The second-order valence-corrected chi connectivity index (χ2v) is 8.74. The normalized spacial score (nSPS) is 17.6. The first-order valence-corrected chi connectivity index (χ1v) is 11.6. The van der Waals surface area contributed by atoms with Gasteiger partial charge in [-0.1, -0.05) is 0 Å². The molecule has 9 heteroatoms. The number of amides is 1.